The molecule has 1 rings (SSSR count). The summed E-state index contributed by atoms with van der Waals surface area (Å²) >= 11 is 1.47. The van der Waals surface area contributed by atoms with Crippen molar-refractivity contribution in [2.24, 2.45) is 0 Å². The number of rotatable bonds is 9. The van der Waals surface area contributed by atoms with Gasteiger partial charge in [-0.25, -0.2) is 8.42 Å². The van der Waals surface area contributed by atoms with E-state index in [2.05, 4.69) is 19.2 Å². The zero-order valence-corrected chi connectivity index (χ0v) is 15.1. The molecule has 0 aliphatic rings. The molecule has 0 unspecified atom stereocenters. The van der Waals surface area contributed by atoms with Crippen LogP contribution in [-0.4, -0.2) is 45.1 Å². The summed E-state index contributed by atoms with van der Waals surface area (Å²) in [6.07, 6.45) is 0. The van der Waals surface area contributed by atoms with Crippen LogP contribution in [0.4, 0.5) is 0 Å². The Morgan fingerprint density at radius 1 is 1.33 bits per heavy atom. The molecule has 0 fully saturated rings. The van der Waals surface area contributed by atoms with Crippen molar-refractivity contribution in [3.63, 3.8) is 0 Å². The van der Waals surface area contributed by atoms with E-state index in [0.717, 1.165) is 4.88 Å². The highest BCUT2D eigenvalue weighted by atomic mass is 32.2. The second-order valence-corrected chi connectivity index (χ2v) is 8.37. The van der Waals surface area contributed by atoms with E-state index in [4.69, 9.17) is 4.74 Å². The first-order chi connectivity index (χ1) is 9.78. The highest BCUT2D eigenvalue weighted by Gasteiger charge is 2.27. The molecule has 0 spiro atoms. The van der Waals surface area contributed by atoms with Crippen molar-refractivity contribution in [1.29, 1.82) is 0 Å². The Bertz CT molecular complexity index is 524. The van der Waals surface area contributed by atoms with Gasteiger partial charge < -0.3 is 10.1 Å². The molecule has 0 amide bonds. The third kappa shape index (κ3) is 5.34. The lowest BCUT2D eigenvalue weighted by molar-refractivity contribution is 0.171. The molecule has 0 saturated heterocycles. The molecule has 1 aromatic rings. The minimum Gasteiger partial charge on any atom is -0.383 e. The van der Waals surface area contributed by atoms with E-state index in [1.807, 2.05) is 13.8 Å². The summed E-state index contributed by atoms with van der Waals surface area (Å²) in [4.78, 5) is 1.40. The zero-order valence-electron chi connectivity index (χ0n) is 13.4. The smallest absolute Gasteiger partial charge is 0.244 e. The van der Waals surface area contributed by atoms with Gasteiger partial charge in [0.05, 0.1) is 11.5 Å². The average molecular weight is 335 g/mol. The van der Waals surface area contributed by atoms with Crippen LogP contribution < -0.4 is 5.32 Å². The second kappa shape index (κ2) is 8.24. The maximum atomic E-state index is 12.7. The van der Waals surface area contributed by atoms with Gasteiger partial charge in [-0.3, -0.25) is 0 Å². The van der Waals surface area contributed by atoms with Gasteiger partial charge in [0.2, 0.25) is 10.0 Å². The predicted octanol–water partition coefficient (Wildman–Crippen LogP) is 2.29. The lowest BCUT2D eigenvalue weighted by atomic mass is 10.4. The molecule has 0 aliphatic carbocycles. The Kier molecular flexibility index (Phi) is 7.29. The molecule has 0 radical (unpaired) electrons. The summed E-state index contributed by atoms with van der Waals surface area (Å²) in [6, 6.07) is 2.04. The molecule has 0 atom stereocenters. The van der Waals surface area contributed by atoms with Crippen molar-refractivity contribution < 1.29 is 13.2 Å². The van der Waals surface area contributed by atoms with Crippen LogP contribution >= 0.6 is 11.3 Å². The Balaban J connectivity index is 2.89. The van der Waals surface area contributed by atoms with Crippen molar-refractivity contribution in [3.8, 4) is 0 Å². The largest absolute Gasteiger partial charge is 0.383 e. The molecule has 1 N–H and O–H groups in total. The van der Waals surface area contributed by atoms with E-state index in [0.29, 0.717) is 30.6 Å². The van der Waals surface area contributed by atoms with Gasteiger partial charge in [-0.05, 0) is 19.9 Å². The molecule has 7 heteroatoms. The Morgan fingerprint density at radius 2 is 2.00 bits per heavy atom. The van der Waals surface area contributed by atoms with Gasteiger partial charge in [-0.2, -0.15) is 4.31 Å². The summed E-state index contributed by atoms with van der Waals surface area (Å²) in [6.45, 7) is 9.33. The van der Waals surface area contributed by atoms with Gasteiger partial charge in [-0.1, -0.05) is 13.8 Å². The summed E-state index contributed by atoms with van der Waals surface area (Å²) in [7, 11) is -1.88. The number of methoxy groups -OCH3 is 1. The highest BCUT2D eigenvalue weighted by molar-refractivity contribution is 7.89. The second-order valence-electron chi connectivity index (χ2n) is 5.49. The van der Waals surface area contributed by atoms with Crippen LogP contribution in [0.2, 0.25) is 0 Å². The van der Waals surface area contributed by atoms with E-state index < -0.39 is 10.0 Å². The molecule has 0 bridgehead atoms. The van der Waals surface area contributed by atoms with Gasteiger partial charge in [0, 0.05) is 42.5 Å². The summed E-state index contributed by atoms with van der Waals surface area (Å²) in [5.41, 5.74) is 0. The van der Waals surface area contributed by atoms with Crippen LogP contribution in [0, 0.1) is 0 Å². The summed E-state index contributed by atoms with van der Waals surface area (Å²) < 4.78 is 31.9. The van der Waals surface area contributed by atoms with Crippen LogP contribution in [0.15, 0.2) is 16.3 Å². The Morgan fingerprint density at radius 3 is 2.52 bits per heavy atom. The molecular formula is C14H26N2O3S2. The van der Waals surface area contributed by atoms with Crippen molar-refractivity contribution in [2.75, 3.05) is 20.3 Å². The maximum absolute atomic E-state index is 12.7. The monoisotopic (exact) mass is 334 g/mol. The van der Waals surface area contributed by atoms with E-state index in [-0.39, 0.29) is 6.04 Å². The van der Waals surface area contributed by atoms with Gasteiger partial charge in [-0.15, -0.1) is 11.3 Å². The number of hydrogen-bond donors (Lipinski definition) is 1. The lowest BCUT2D eigenvalue weighted by Crippen LogP contribution is -2.39. The average Bonchev–Trinajstić information content (AvgIpc) is 2.85. The van der Waals surface area contributed by atoms with Crippen LogP contribution in [0.25, 0.3) is 0 Å². The number of nitrogens with zero attached hydrogens (tertiary/aromatic N) is 1. The van der Waals surface area contributed by atoms with Gasteiger partial charge in [0.15, 0.2) is 0 Å². The first-order valence-electron chi connectivity index (χ1n) is 7.10. The van der Waals surface area contributed by atoms with E-state index in [9.17, 15) is 8.42 Å². The fraction of sp³-hybridized carbons (Fsp3) is 0.714. The molecule has 5 nitrogen and oxygen atoms in total. The number of hydrogen-bond acceptors (Lipinski definition) is 5. The minimum atomic E-state index is -3.45. The van der Waals surface area contributed by atoms with E-state index >= 15 is 0 Å². The molecule has 0 saturated carbocycles. The van der Waals surface area contributed by atoms with Crippen LogP contribution in [-0.2, 0) is 21.3 Å². The zero-order chi connectivity index (χ0) is 16.0. The van der Waals surface area contributed by atoms with Crippen molar-refractivity contribution in [2.45, 2.75) is 51.2 Å². The molecular weight excluding hydrogens is 308 g/mol. The first-order valence-corrected chi connectivity index (χ1v) is 9.42. The molecule has 21 heavy (non-hydrogen) atoms. The van der Waals surface area contributed by atoms with Crippen LogP contribution in [0.1, 0.15) is 32.6 Å². The quantitative estimate of drug-likeness (QED) is 0.753. The van der Waals surface area contributed by atoms with Crippen molar-refractivity contribution in [3.05, 3.63) is 16.3 Å². The highest BCUT2D eigenvalue weighted by Crippen LogP contribution is 2.24. The third-order valence-electron chi connectivity index (χ3n) is 3.01. The fourth-order valence-corrected chi connectivity index (χ4v) is 4.70. The predicted molar refractivity (Wildman–Crippen MR) is 87.2 cm³/mol. The topological polar surface area (TPSA) is 58.6 Å². The third-order valence-corrected chi connectivity index (χ3v) is 6.15. The number of ether oxygens (including phenoxy) is 1. The Hall–Kier alpha value is -0.470. The first kappa shape index (κ1) is 18.6. The summed E-state index contributed by atoms with van der Waals surface area (Å²) in [5.74, 6) is 0. The molecule has 122 valence electrons. The minimum absolute atomic E-state index is 0.0951. The standard InChI is InChI=1S/C14H26N2O3S2/c1-11(2)15-9-13-8-14(10-20-13)21(17,18)16(12(3)4)6-7-19-5/h8,10-12,15H,6-7,9H2,1-5H3. The SMILES string of the molecule is COCCN(C(C)C)S(=O)(=O)c1csc(CNC(C)C)c1. The molecule has 0 aromatic carbocycles. The Labute approximate surface area is 132 Å². The molecule has 1 heterocycles. The molecule has 0 aliphatic heterocycles. The number of nitrogens with one attached hydrogen (secondary N) is 1. The van der Waals surface area contributed by atoms with Crippen molar-refractivity contribution in [1.82, 2.24) is 9.62 Å². The van der Waals surface area contributed by atoms with Crippen LogP contribution in [0.3, 0.4) is 0 Å². The van der Waals surface area contributed by atoms with Crippen molar-refractivity contribution >= 4 is 21.4 Å². The van der Waals surface area contributed by atoms with Gasteiger partial charge in [0.1, 0.15) is 0 Å². The summed E-state index contributed by atoms with van der Waals surface area (Å²) in [5, 5.41) is 5.01. The normalized spacial score (nSPS) is 12.8. The molecule has 1 aromatic heterocycles. The lowest BCUT2D eigenvalue weighted by Gasteiger charge is -2.25. The van der Waals surface area contributed by atoms with Gasteiger partial charge in [0.25, 0.3) is 0 Å². The van der Waals surface area contributed by atoms with E-state index in [1.165, 1.54) is 15.6 Å². The van der Waals surface area contributed by atoms with E-state index in [1.54, 1.807) is 18.6 Å². The van der Waals surface area contributed by atoms with Crippen LogP contribution in [0.5, 0.6) is 0 Å². The maximum Gasteiger partial charge on any atom is 0.244 e. The number of thiophene rings is 1. The fourth-order valence-electron chi connectivity index (χ4n) is 1.87. The van der Waals surface area contributed by atoms with Gasteiger partial charge >= 0.3 is 0 Å². The number of sulfonamides is 1.